The summed E-state index contributed by atoms with van der Waals surface area (Å²) in [6.45, 7) is 1.67. The lowest BCUT2D eigenvalue weighted by molar-refractivity contribution is -0.558. The van der Waals surface area contributed by atoms with Crippen LogP contribution < -0.4 is 0 Å². The van der Waals surface area contributed by atoms with Crippen molar-refractivity contribution >= 4 is 0 Å². The maximum absolute atomic E-state index is 11.2. The van der Waals surface area contributed by atoms with Gasteiger partial charge < -0.3 is 0 Å². The molecule has 1 fully saturated rings. The van der Waals surface area contributed by atoms with Crippen LogP contribution in [0.3, 0.4) is 0 Å². The molecule has 4 nitrogen and oxygen atoms in total. The van der Waals surface area contributed by atoms with Crippen LogP contribution in [0.25, 0.3) is 0 Å². The minimum atomic E-state index is -0.665. The number of benzene rings is 1. The van der Waals surface area contributed by atoms with Crippen LogP contribution in [0, 0.1) is 10.1 Å². The Hall–Kier alpha value is -1.42. The van der Waals surface area contributed by atoms with Crippen LogP contribution in [0.1, 0.15) is 31.0 Å². The highest BCUT2D eigenvalue weighted by molar-refractivity contribution is 5.17. The summed E-state index contributed by atoms with van der Waals surface area (Å²) in [6, 6.07) is 9.27. The quantitative estimate of drug-likeness (QED) is 0.580. The Balaban J connectivity index is 2.20. The fraction of sp³-hybridized carbons (Fsp3) is 0.500. The summed E-state index contributed by atoms with van der Waals surface area (Å²) in [5, 5.41) is 11.2. The number of nitro groups is 1. The molecule has 1 saturated heterocycles. The van der Waals surface area contributed by atoms with Crippen molar-refractivity contribution in [1.29, 1.82) is 0 Å². The third kappa shape index (κ3) is 2.39. The van der Waals surface area contributed by atoms with Gasteiger partial charge in [0, 0.05) is 23.6 Å². The van der Waals surface area contributed by atoms with Gasteiger partial charge in [0.15, 0.2) is 0 Å². The molecule has 0 aromatic heterocycles. The number of nitrogens with zero attached hydrogens (tertiary/aromatic N) is 2. The lowest BCUT2D eigenvalue weighted by atomic mass is 10.1. The summed E-state index contributed by atoms with van der Waals surface area (Å²) in [4.78, 5) is 13.0. The predicted octanol–water partition coefficient (Wildman–Crippen LogP) is 2.45. The molecule has 1 aromatic rings. The maximum Gasteiger partial charge on any atom is 0.294 e. The second kappa shape index (κ2) is 5.07. The standard InChI is InChI=1S/C12H16N2O2/c15-14(16)12(11-7-3-1-4-8-11)13-9-5-2-6-10-13/h1,3-4,7-8,12H,2,5-6,9-10H2. The number of hydrogen-bond donors (Lipinski definition) is 0. The zero-order valence-electron chi connectivity index (χ0n) is 9.21. The van der Waals surface area contributed by atoms with Gasteiger partial charge in [0.1, 0.15) is 0 Å². The van der Waals surface area contributed by atoms with Crippen molar-refractivity contribution in [3.63, 3.8) is 0 Å². The average Bonchev–Trinajstić information content (AvgIpc) is 2.31. The summed E-state index contributed by atoms with van der Waals surface area (Å²) in [5.74, 6) is 0. The molecule has 1 aromatic carbocycles. The molecule has 86 valence electrons. The molecule has 16 heavy (non-hydrogen) atoms. The molecule has 1 aliphatic rings. The lowest BCUT2D eigenvalue weighted by Crippen LogP contribution is -2.37. The van der Waals surface area contributed by atoms with Crippen LogP contribution in [0.2, 0.25) is 0 Å². The van der Waals surface area contributed by atoms with E-state index in [1.165, 1.54) is 6.42 Å². The van der Waals surface area contributed by atoms with Crippen molar-refractivity contribution in [3.05, 3.63) is 46.0 Å². The molecule has 2 rings (SSSR count). The third-order valence-corrected chi connectivity index (χ3v) is 3.03. The Labute approximate surface area is 95.0 Å². The zero-order chi connectivity index (χ0) is 11.4. The minimum absolute atomic E-state index is 0.180. The molecular formula is C12H16N2O2. The van der Waals surface area contributed by atoms with Crippen molar-refractivity contribution in [2.45, 2.75) is 25.4 Å². The Morgan fingerprint density at radius 2 is 1.75 bits per heavy atom. The largest absolute Gasteiger partial charge is 0.294 e. The molecule has 1 aliphatic heterocycles. The summed E-state index contributed by atoms with van der Waals surface area (Å²) in [7, 11) is 0. The fourth-order valence-corrected chi connectivity index (χ4v) is 2.25. The van der Waals surface area contributed by atoms with Crippen LogP contribution in [-0.4, -0.2) is 22.9 Å². The molecule has 0 N–H and O–H groups in total. The van der Waals surface area contributed by atoms with E-state index in [0.29, 0.717) is 0 Å². The van der Waals surface area contributed by atoms with Gasteiger partial charge >= 0.3 is 0 Å². The van der Waals surface area contributed by atoms with Crippen molar-refractivity contribution in [3.8, 4) is 0 Å². The first-order valence-electron chi connectivity index (χ1n) is 5.71. The molecule has 1 unspecified atom stereocenters. The van der Waals surface area contributed by atoms with Gasteiger partial charge in [-0.3, -0.25) is 10.1 Å². The predicted molar refractivity (Wildman–Crippen MR) is 61.6 cm³/mol. The average molecular weight is 220 g/mol. The second-order valence-electron chi connectivity index (χ2n) is 4.17. The second-order valence-corrected chi connectivity index (χ2v) is 4.17. The highest BCUT2D eigenvalue weighted by Crippen LogP contribution is 2.24. The lowest BCUT2D eigenvalue weighted by Gasteiger charge is -2.28. The van der Waals surface area contributed by atoms with Gasteiger partial charge in [-0.2, -0.15) is 0 Å². The van der Waals surface area contributed by atoms with Crippen molar-refractivity contribution in [1.82, 2.24) is 4.90 Å². The van der Waals surface area contributed by atoms with E-state index in [2.05, 4.69) is 0 Å². The first-order chi connectivity index (χ1) is 7.79. The monoisotopic (exact) mass is 220 g/mol. The van der Waals surface area contributed by atoms with E-state index in [0.717, 1.165) is 31.5 Å². The van der Waals surface area contributed by atoms with Gasteiger partial charge in [-0.05, 0) is 12.8 Å². The fourth-order valence-electron chi connectivity index (χ4n) is 2.25. The van der Waals surface area contributed by atoms with Gasteiger partial charge in [0.2, 0.25) is 0 Å². The van der Waals surface area contributed by atoms with Gasteiger partial charge in [-0.25, -0.2) is 4.90 Å². The van der Waals surface area contributed by atoms with E-state index in [1.807, 2.05) is 35.2 Å². The number of likely N-dealkylation sites (tertiary alicyclic amines) is 1. The molecule has 1 atom stereocenters. The molecule has 0 amide bonds. The Morgan fingerprint density at radius 3 is 2.31 bits per heavy atom. The summed E-state index contributed by atoms with van der Waals surface area (Å²) in [5.41, 5.74) is 0.786. The van der Waals surface area contributed by atoms with Crippen LogP contribution in [-0.2, 0) is 0 Å². The normalized spacial score (nSPS) is 19.2. The molecule has 0 saturated carbocycles. The van der Waals surface area contributed by atoms with Crippen LogP contribution in [0.15, 0.2) is 30.3 Å². The molecule has 0 radical (unpaired) electrons. The third-order valence-electron chi connectivity index (χ3n) is 3.03. The summed E-state index contributed by atoms with van der Waals surface area (Å²) < 4.78 is 0. The van der Waals surface area contributed by atoms with Crippen LogP contribution >= 0.6 is 0 Å². The first-order valence-corrected chi connectivity index (χ1v) is 5.71. The Bertz CT molecular complexity index is 347. The van der Waals surface area contributed by atoms with Gasteiger partial charge in [0.25, 0.3) is 6.17 Å². The zero-order valence-corrected chi connectivity index (χ0v) is 9.21. The van der Waals surface area contributed by atoms with Crippen molar-refractivity contribution < 1.29 is 4.92 Å². The number of hydrogen-bond acceptors (Lipinski definition) is 3. The number of rotatable bonds is 3. The Morgan fingerprint density at radius 1 is 1.12 bits per heavy atom. The van der Waals surface area contributed by atoms with Crippen LogP contribution in [0.5, 0.6) is 0 Å². The first kappa shape index (κ1) is 11.1. The van der Waals surface area contributed by atoms with E-state index in [9.17, 15) is 10.1 Å². The van der Waals surface area contributed by atoms with E-state index in [1.54, 1.807) is 0 Å². The van der Waals surface area contributed by atoms with Gasteiger partial charge in [0.05, 0.1) is 0 Å². The molecule has 0 spiro atoms. The molecule has 4 heteroatoms. The summed E-state index contributed by atoms with van der Waals surface area (Å²) >= 11 is 0. The highest BCUT2D eigenvalue weighted by Gasteiger charge is 2.30. The SMILES string of the molecule is O=[N+]([O-])C(c1ccccc1)N1CCCCC1. The van der Waals surface area contributed by atoms with Gasteiger partial charge in [-0.15, -0.1) is 0 Å². The van der Waals surface area contributed by atoms with E-state index in [4.69, 9.17) is 0 Å². The van der Waals surface area contributed by atoms with E-state index < -0.39 is 6.17 Å². The Kier molecular flexibility index (Phi) is 3.51. The smallest absolute Gasteiger partial charge is 0.262 e. The van der Waals surface area contributed by atoms with E-state index >= 15 is 0 Å². The molecule has 0 bridgehead atoms. The highest BCUT2D eigenvalue weighted by atomic mass is 16.6. The van der Waals surface area contributed by atoms with Crippen LogP contribution in [0.4, 0.5) is 0 Å². The van der Waals surface area contributed by atoms with Crippen molar-refractivity contribution in [2.75, 3.05) is 13.1 Å². The van der Waals surface area contributed by atoms with Crippen molar-refractivity contribution in [2.24, 2.45) is 0 Å². The number of piperidine rings is 1. The maximum atomic E-state index is 11.2. The topological polar surface area (TPSA) is 46.4 Å². The molecule has 1 heterocycles. The minimum Gasteiger partial charge on any atom is -0.262 e. The molecule has 0 aliphatic carbocycles. The summed E-state index contributed by atoms with van der Waals surface area (Å²) in [6.07, 6.45) is 2.66. The van der Waals surface area contributed by atoms with E-state index in [-0.39, 0.29) is 4.92 Å². The van der Waals surface area contributed by atoms with Gasteiger partial charge in [-0.1, -0.05) is 36.8 Å². The molecular weight excluding hydrogens is 204 g/mol.